The standard InChI is InChI=1S/C37H75NO6S/c1-3-5-7-9-11-13-14-15-16-17-18-19-20-21-22-23-24-26-27-29-31-35(39)34(33-45(42,43)44)38-37(41)36(40)32-30-28-25-12-10-8-6-4-2/h34-36,39-40H,3-33H2,1-2H3,(H,38,41)(H,42,43,44). The molecule has 7 nitrogen and oxygen atoms in total. The third kappa shape index (κ3) is 31.7. The molecule has 270 valence electrons. The minimum absolute atomic E-state index is 0.300. The molecule has 0 bridgehead atoms. The maximum Gasteiger partial charge on any atom is 0.266 e. The minimum Gasteiger partial charge on any atom is -0.391 e. The Bertz CT molecular complexity index is 747. The van der Waals surface area contributed by atoms with Crippen LogP contribution in [0.4, 0.5) is 0 Å². The third-order valence-electron chi connectivity index (χ3n) is 9.17. The summed E-state index contributed by atoms with van der Waals surface area (Å²) in [4.78, 5) is 12.5. The van der Waals surface area contributed by atoms with Crippen LogP contribution in [0.2, 0.25) is 0 Å². The summed E-state index contributed by atoms with van der Waals surface area (Å²) in [7, 11) is -4.39. The number of aliphatic hydroxyl groups excluding tert-OH is 2. The number of amides is 1. The molecule has 8 heteroatoms. The van der Waals surface area contributed by atoms with Crippen LogP contribution >= 0.6 is 0 Å². The number of carbonyl (C=O) groups excluding carboxylic acids is 1. The molecule has 45 heavy (non-hydrogen) atoms. The van der Waals surface area contributed by atoms with Gasteiger partial charge in [0.05, 0.1) is 17.9 Å². The van der Waals surface area contributed by atoms with Gasteiger partial charge in [0.1, 0.15) is 6.10 Å². The summed E-state index contributed by atoms with van der Waals surface area (Å²) in [5, 5.41) is 23.4. The first-order chi connectivity index (χ1) is 21.7. The quantitative estimate of drug-likeness (QED) is 0.0396. The molecule has 0 aliphatic heterocycles. The lowest BCUT2D eigenvalue weighted by atomic mass is 10.0. The van der Waals surface area contributed by atoms with E-state index in [-0.39, 0.29) is 0 Å². The van der Waals surface area contributed by atoms with Gasteiger partial charge in [0.15, 0.2) is 0 Å². The lowest BCUT2D eigenvalue weighted by Crippen LogP contribution is -2.50. The second kappa shape index (κ2) is 31.9. The fourth-order valence-electron chi connectivity index (χ4n) is 6.17. The van der Waals surface area contributed by atoms with E-state index in [1.165, 1.54) is 128 Å². The van der Waals surface area contributed by atoms with Gasteiger partial charge in [-0.2, -0.15) is 8.42 Å². The van der Waals surface area contributed by atoms with Crippen LogP contribution in [0.5, 0.6) is 0 Å². The molecule has 1 amide bonds. The normalized spacial score (nSPS) is 14.0. The summed E-state index contributed by atoms with van der Waals surface area (Å²) in [6, 6.07) is -1.14. The molecule has 3 unspecified atom stereocenters. The highest BCUT2D eigenvalue weighted by Gasteiger charge is 2.28. The molecule has 0 fully saturated rings. The Morgan fingerprint density at radius 3 is 1.11 bits per heavy atom. The molecule has 0 aliphatic rings. The Kier molecular flexibility index (Phi) is 31.4. The van der Waals surface area contributed by atoms with Crippen molar-refractivity contribution < 1.29 is 28.0 Å². The molecule has 0 radical (unpaired) electrons. The highest BCUT2D eigenvalue weighted by atomic mass is 32.2. The minimum atomic E-state index is -4.39. The zero-order valence-electron chi connectivity index (χ0n) is 29.6. The monoisotopic (exact) mass is 662 g/mol. The summed E-state index contributed by atoms with van der Waals surface area (Å²) in [6.07, 6.45) is 32.8. The van der Waals surface area contributed by atoms with Crippen LogP contribution in [-0.2, 0) is 14.9 Å². The van der Waals surface area contributed by atoms with Gasteiger partial charge >= 0.3 is 0 Å². The zero-order valence-corrected chi connectivity index (χ0v) is 30.4. The Morgan fingerprint density at radius 2 is 0.800 bits per heavy atom. The zero-order chi connectivity index (χ0) is 33.4. The number of hydrogen-bond donors (Lipinski definition) is 4. The van der Waals surface area contributed by atoms with Crippen molar-refractivity contribution in [1.82, 2.24) is 5.32 Å². The Balaban J connectivity index is 3.89. The highest BCUT2D eigenvalue weighted by Crippen LogP contribution is 2.16. The molecule has 0 heterocycles. The van der Waals surface area contributed by atoms with Crippen molar-refractivity contribution in [2.24, 2.45) is 0 Å². The van der Waals surface area contributed by atoms with E-state index in [2.05, 4.69) is 19.2 Å². The average molecular weight is 662 g/mol. The number of hydrogen-bond acceptors (Lipinski definition) is 5. The van der Waals surface area contributed by atoms with Crippen LogP contribution in [0, 0.1) is 0 Å². The summed E-state index contributed by atoms with van der Waals surface area (Å²) in [6.45, 7) is 4.46. The highest BCUT2D eigenvalue weighted by molar-refractivity contribution is 7.85. The molecule has 0 aromatic rings. The lowest BCUT2D eigenvalue weighted by Gasteiger charge is -2.24. The van der Waals surface area contributed by atoms with E-state index in [0.717, 1.165) is 44.9 Å². The van der Waals surface area contributed by atoms with E-state index in [0.29, 0.717) is 19.3 Å². The molecule has 0 aromatic carbocycles. The van der Waals surface area contributed by atoms with Crippen LogP contribution in [0.1, 0.15) is 206 Å². The van der Waals surface area contributed by atoms with Crippen molar-refractivity contribution in [3.63, 3.8) is 0 Å². The second-order valence-corrected chi connectivity index (χ2v) is 15.2. The molecule has 0 rings (SSSR count). The maximum atomic E-state index is 12.5. The lowest BCUT2D eigenvalue weighted by molar-refractivity contribution is -0.131. The molecular weight excluding hydrogens is 586 g/mol. The van der Waals surface area contributed by atoms with Gasteiger partial charge in [0.2, 0.25) is 5.91 Å². The van der Waals surface area contributed by atoms with Crippen LogP contribution in [0.15, 0.2) is 0 Å². The van der Waals surface area contributed by atoms with Crippen LogP contribution in [0.3, 0.4) is 0 Å². The summed E-state index contributed by atoms with van der Waals surface area (Å²) in [5.74, 6) is -1.45. The average Bonchev–Trinajstić information content (AvgIpc) is 3.00. The first-order valence-electron chi connectivity index (χ1n) is 19.3. The van der Waals surface area contributed by atoms with Gasteiger partial charge in [-0.15, -0.1) is 0 Å². The largest absolute Gasteiger partial charge is 0.391 e. The number of rotatable bonds is 35. The van der Waals surface area contributed by atoms with Crippen molar-refractivity contribution >= 4 is 16.0 Å². The van der Waals surface area contributed by atoms with Gasteiger partial charge in [-0.1, -0.05) is 194 Å². The molecule has 3 atom stereocenters. The third-order valence-corrected chi connectivity index (χ3v) is 9.95. The predicted octanol–water partition coefficient (Wildman–Crippen LogP) is 9.82. The van der Waals surface area contributed by atoms with Crippen molar-refractivity contribution in [2.45, 2.75) is 225 Å². The van der Waals surface area contributed by atoms with Crippen molar-refractivity contribution in [1.29, 1.82) is 0 Å². The number of carbonyl (C=O) groups is 1. The molecule has 0 saturated heterocycles. The summed E-state index contributed by atoms with van der Waals surface area (Å²) < 4.78 is 32.4. The van der Waals surface area contributed by atoms with E-state index in [9.17, 15) is 28.0 Å². The van der Waals surface area contributed by atoms with Crippen LogP contribution in [0.25, 0.3) is 0 Å². The number of aliphatic hydroxyl groups is 2. The molecule has 0 aromatic heterocycles. The van der Waals surface area contributed by atoms with Gasteiger partial charge in [-0.25, -0.2) is 0 Å². The van der Waals surface area contributed by atoms with E-state index < -0.39 is 40.0 Å². The Labute approximate surface area is 279 Å². The Morgan fingerprint density at radius 1 is 0.511 bits per heavy atom. The fraction of sp³-hybridized carbons (Fsp3) is 0.973. The fourth-order valence-corrected chi connectivity index (χ4v) is 6.93. The first kappa shape index (κ1) is 44.3. The van der Waals surface area contributed by atoms with Gasteiger partial charge in [0, 0.05) is 0 Å². The molecule has 0 spiro atoms. The molecule has 0 saturated carbocycles. The Hall–Kier alpha value is -0.700. The van der Waals surface area contributed by atoms with E-state index >= 15 is 0 Å². The smallest absolute Gasteiger partial charge is 0.266 e. The predicted molar refractivity (Wildman–Crippen MR) is 190 cm³/mol. The first-order valence-corrected chi connectivity index (χ1v) is 20.9. The SMILES string of the molecule is CCCCCCCCCCCCCCCCCCCCCCC(O)C(CS(=O)(=O)O)NC(=O)C(O)CCCCCCCCCC. The van der Waals surface area contributed by atoms with E-state index in [1.807, 2.05) is 0 Å². The molecular formula is C37H75NO6S. The maximum absolute atomic E-state index is 12.5. The van der Waals surface area contributed by atoms with E-state index in [4.69, 9.17) is 0 Å². The van der Waals surface area contributed by atoms with Gasteiger partial charge < -0.3 is 15.5 Å². The van der Waals surface area contributed by atoms with Crippen LogP contribution in [-0.4, -0.2) is 53.1 Å². The van der Waals surface area contributed by atoms with Gasteiger partial charge in [-0.3, -0.25) is 9.35 Å². The van der Waals surface area contributed by atoms with Crippen molar-refractivity contribution in [2.75, 3.05) is 5.75 Å². The second-order valence-electron chi connectivity index (χ2n) is 13.7. The van der Waals surface area contributed by atoms with Gasteiger partial charge in [-0.05, 0) is 12.8 Å². The van der Waals surface area contributed by atoms with Crippen molar-refractivity contribution in [3.05, 3.63) is 0 Å². The van der Waals surface area contributed by atoms with Crippen LogP contribution < -0.4 is 5.32 Å². The molecule has 4 N–H and O–H groups in total. The number of unbranched alkanes of at least 4 members (excludes halogenated alkanes) is 26. The van der Waals surface area contributed by atoms with Crippen molar-refractivity contribution in [3.8, 4) is 0 Å². The number of nitrogens with one attached hydrogen (secondary N) is 1. The molecule has 0 aliphatic carbocycles. The van der Waals surface area contributed by atoms with Gasteiger partial charge in [0.25, 0.3) is 10.1 Å². The topological polar surface area (TPSA) is 124 Å². The van der Waals surface area contributed by atoms with E-state index in [1.54, 1.807) is 0 Å². The summed E-state index contributed by atoms with van der Waals surface area (Å²) in [5.41, 5.74) is 0. The summed E-state index contributed by atoms with van der Waals surface area (Å²) >= 11 is 0.